The molecular weight excluding hydrogens is 186 g/mol. The smallest absolute Gasteiger partial charge is 0.220 e. The zero-order valence-corrected chi connectivity index (χ0v) is 7.79. The molecule has 0 saturated heterocycles. The highest BCUT2D eigenvalue weighted by molar-refractivity contribution is 5.74. The number of aliphatic hydroxyl groups excluding tert-OH is 2. The fourth-order valence-electron chi connectivity index (χ4n) is 1.11. The summed E-state index contributed by atoms with van der Waals surface area (Å²) in [4.78, 5) is 10.5. The van der Waals surface area contributed by atoms with Crippen LogP contribution in [-0.2, 0) is 11.8 Å². The van der Waals surface area contributed by atoms with E-state index >= 15 is 0 Å². The zero-order valence-electron chi connectivity index (χ0n) is 7.79. The predicted octanol–water partition coefficient (Wildman–Crippen LogP) is -1.31. The highest BCUT2D eigenvalue weighted by atomic mass is 16.3. The number of hydrogen-bond acceptors (Lipinski definition) is 4. The van der Waals surface area contributed by atoms with E-state index in [1.165, 1.54) is 4.68 Å². The molecule has 1 heterocycles. The van der Waals surface area contributed by atoms with Crippen LogP contribution in [0.5, 0.6) is 0 Å². The Morgan fingerprint density at radius 1 is 1.71 bits per heavy atom. The lowest BCUT2D eigenvalue weighted by Crippen LogP contribution is -2.26. The van der Waals surface area contributed by atoms with Crippen molar-refractivity contribution in [2.45, 2.75) is 18.6 Å². The van der Waals surface area contributed by atoms with Gasteiger partial charge in [-0.1, -0.05) is 0 Å². The number of primary amides is 1. The van der Waals surface area contributed by atoms with Crippen LogP contribution in [0.3, 0.4) is 0 Å². The van der Waals surface area contributed by atoms with Crippen molar-refractivity contribution in [3.8, 4) is 0 Å². The third kappa shape index (κ3) is 2.54. The monoisotopic (exact) mass is 199 g/mol. The second-order valence-corrected chi connectivity index (χ2v) is 3.10. The molecule has 0 aliphatic carbocycles. The average molecular weight is 199 g/mol. The zero-order chi connectivity index (χ0) is 10.7. The maximum atomic E-state index is 10.5. The van der Waals surface area contributed by atoms with Gasteiger partial charge in [-0.2, -0.15) is 5.10 Å². The number of hydrogen-bond donors (Lipinski definition) is 3. The highest BCUT2D eigenvalue weighted by Crippen LogP contribution is 2.16. The summed E-state index contributed by atoms with van der Waals surface area (Å²) in [6.45, 7) is 0. The van der Waals surface area contributed by atoms with Crippen molar-refractivity contribution < 1.29 is 15.0 Å². The molecule has 0 aliphatic rings. The van der Waals surface area contributed by atoms with Crippen molar-refractivity contribution in [3.05, 3.63) is 18.0 Å². The molecule has 0 aliphatic heterocycles. The van der Waals surface area contributed by atoms with Crippen LogP contribution in [0.4, 0.5) is 0 Å². The molecule has 2 atom stereocenters. The number of aliphatic hydroxyl groups is 2. The molecule has 0 saturated carbocycles. The van der Waals surface area contributed by atoms with E-state index in [-0.39, 0.29) is 6.42 Å². The second kappa shape index (κ2) is 4.21. The Morgan fingerprint density at radius 2 is 2.36 bits per heavy atom. The number of nitrogens with two attached hydrogens (primary N) is 1. The van der Waals surface area contributed by atoms with Crippen LogP contribution >= 0.6 is 0 Å². The summed E-state index contributed by atoms with van der Waals surface area (Å²) >= 11 is 0. The van der Waals surface area contributed by atoms with Gasteiger partial charge in [0.1, 0.15) is 6.10 Å². The number of amides is 1. The highest BCUT2D eigenvalue weighted by Gasteiger charge is 2.21. The van der Waals surface area contributed by atoms with E-state index in [0.717, 1.165) is 0 Å². The van der Waals surface area contributed by atoms with Gasteiger partial charge in [0, 0.05) is 13.2 Å². The van der Waals surface area contributed by atoms with Gasteiger partial charge >= 0.3 is 0 Å². The number of aromatic nitrogens is 2. The van der Waals surface area contributed by atoms with Crippen molar-refractivity contribution in [2.24, 2.45) is 12.8 Å². The lowest BCUT2D eigenvalue weighted by molar-refractivity contribution is -0.121. The summed E-state index contributed by atoms with van der Waals surface area (Å²) < 4.78 is 1.50. The van der Waals surface area contributed by atoms with E-state index in [4.69, 9.17) is 5.73 Å². The molecule has 0 bridgehead atoms. The minimum atomic E-state index is -1.21. The van der Waals surface area contributed by atoms with Crippen LogP contribution in [0.2, 0.25) is 0 Å². The summed E-state index contributed by atoms with van der Waals surface area (Å²) in [5.74, 6) is -0.660. The summed E-state index contributed by atoms with van der Waals surface area (Å²) in [7, 11) is 1.69. The molecule has 1 rings (SSSR count). The fourth-order valence-corrected chi connectivity index (χ4v) is 1.11. The quantitative estimate of drug-likeness (QED) is 0.560. The van der Waals surface area contributed by atoms with Crippen molar-refractivity contribution in [3.63, 3.8) is 0 Å². The van der Waals surface area contributed by atoms with Crippen molar-refractivity contribution in [1.82, 2.24) is 9.78 Å². The summed E-state index contributed by atoms with van der Waals surface area (Å²) in [6, 6.07) is 1.56. The number of aryl methyl sites for hydroxylation is 1. The molecule has 78 valence electrons. The molecule has 1 amide bonds. The molecule has 6 nitrogen and oxygen atoms in total. The fraction of sp³-hybridized carbons (Fsp3) is 0.500. The van der Waals surface area contributed by atoms with Gasteiger partial charge in [-0.25, -0.2) is 0 Å². The van der Waals surface area contributed by atoms with Crippen molar-refractivity contribution >= 4 is 5.91 Å². The molecule has 6 heteroatoms. The van der Waals surface area contributed by atoms with Crippen molar-refractivity contribution in [2.75, 3.05) is 0 Å². The number of carbonyl (C=O) groups excluding carboxylic acids is 1. The maximum Gasteiger partial charge on any atom is 0.220 e. The summed E-state index contributed by atoms with van der Waals surface area (Å²) in [5.41, 5.74) is 5.20. The summed E-state index contributed by atoms with van der Waals surface area (Å²) in [6.07, 6.45) is -1.03. The normalized spacial score (nSPS) is 15.1. The van der Waals surface area contributed by atoms with Gasteiger partial charge in [0.05, 0.1) is 18.2 Å². The average Bonchev–Trinajstić information content (AvgIpc) is 2.49. The Balaban J connectivity index is 2.65. The van der Waals surface area contributed by atoms with Gasteiger partial charge in [0.25, 0.3) is 0 Å². The lowest BCUT2D eigenvalue weighted by atomic mass is 10.1. The molecule has 0 aromatic carbocycles. The standard InChI is InChI=1S/C8H13N3O3/c1-11-3-2-5(10-11)8(14)6(12)4-7(9)13/h2-3,6,8,12,14H,4H2,1H3,(H2,9,13). The maximum absolute atomic E-state index is 10.5. The van der Waals surface area contributed by atoms with Crippen LogP contribution in [0.1, 0.15) is 18.2 Å². The second-order valence-electron chi connectivity index (χ2n) is 3.10. The Morgan fingerprint density at radius 3 is 2.79 bits per heavy atom. The van der Waals surface area contributed by atoms with E-state index in [1.807, 2.05) is 0 Å². The molecule has 1 aromatic heterocycles. The molecular formula is C8H13N3O3. The first-order valence-corrected chi connectivity index (χ1v) is 4.14. The molecule has 4 N–H and O–H groups in total. The molecule has 14 heavy (non-hydrogen) atoms. The lowest BCUT2D eigenvalue weighted by Gasteiger charge is -2.13. The van der Waals surface area contributed by atoms with E-state index in [1.54, 1.807) is 19.3 Å². The molecule has 0 radical (unpaired) electrons. The van der Waals surface area contributed by atoms with Gasteiger partial charge in [-0.05, 0) is 6.07 Å². The van der Waals surface area contributed by atoms with Gasteiger partial charge in [-0.15, -0.1) is 0 Å². The van der Waals surface area contributed by atoms with Gasteiger partial charge in [-0.3, -0.25) is 9.48 Å². The number of carbonyl (C=O) groups is 1. The number of nitrogens with zero attached hydrogens (tertiary/aromatic N) is 2. The number of rotatable bonds is 4. The largest absolute Gasteiger partial charge is 0.389 e. The van der Waals surface area contributed by atoms with E-state index in [9.17, 15) is 15.0 Å². The Bertz CT molecular complexity index is 323. The first kappa shape index (κ1) is 10.7. The molecule has 0 spiro atoms. The van der Waals surface area contributed by atoms with Crippen LogP contribution in [0.25, 0.3) is 0 Å². The van der Waals surface area contributed by atoms with Crippen LogP contribution in [0.15, 0.2) is 12.3 Å². The predicted molar refractivity (Wildman–Crippen MR) is 48.0 cm³/mol. The van der Waals surface area contributed by atoms with Gasteiger partial charge in [0.2, 0.25) is 5.91 Å². The van der Waals surface area contributed by atoms with Crippen LogP contribution < -0.4 is 5.73 Å². The van der Waals surface area contributed by atoms with Crippen LogP contribution in [-0.4, -0.2) is 32.0 Å². The minimum absolute atomic E-state index is 0.280. The Hall–Kier alpha value is -1.40. The van der Waals surface area contributed by atoms with Crippen LogP contribution in [0, 0.1) is 0 Å². The van der Waals surface area contributed by atoms with Gasteiger partial charge < -0.3 is 15.9 Å². The molecule has 2 unspecified atom stereocenters. The SMILES string of the molecule is Cn1ccc(C(O)C(O)CC(N)=O)n1. The van der Waals surface area contributed by atoms with E-state index in [0.29, 0.717) is 5.69 Å². The first-order valence-electron chi connectivity index (χ1n) is 4.14. The Labute approximate surface area is 81.0 Å². The summed E-state index contributed by atoms with van der Waals surface area (Å²) in [5, 5.41) is 22.8. The topological polar surface area (TPSA) is 101 Å². The van der Waals surface area contributed by atoms with E-state index < -0.39 is 18.1 Å². The third-order valence-electron chi connectivity index (χ3n) is 1.81. The molecule has 0 fully saturated rings. The third-order valence-corrected chi connectivity index (χ3v) is 1.81. The van der Waals surface area contributed by atoms with Crippen molar-refractivity contribution in [1.29, 1.82) is 0 Å². The first-order chi connectivity index (χ1) is 6.50. The van der Waals surface area contributed by atoms with E-state index in [2.05, 4.69) is 5.10 Å². The van der Waals surface area contributed by atoms with Gasteiger partial charge in [0.15, 0.2) is 0 Å². The minimum Gasteiger partial charge on any atom is -0.389 e. The molecule has 1 aromatic rings. The Kier molecular flexibility index (Phi) is 3.21.